The van der Waals surface area contributed by atoms with Gasteiger partial charge < -0.3 is 0 Å². The highest BCUT2D eigenvalue weighted by atomic mass is 19.2. The summed E-state index contributed by atoms with van der Waals surface area (Å²) in [7, 11) is 1.54. The van der Waals surface area contributed by atoms with Crippen molar-refractivity contribution in [2.24, 2.45) is 16.2 Å². The Morgan fingerprint density at radius 3 is 2.38 bits per heavy atom. The quantitative estimate of drug-likeness (QED) is 0.443. The molecule has 0 fully saturated rings. The minimum absolute atomic E-state index is 0.0833. The maximum Gasteiger partial charge on any atom is 0.221 e. The summed E-state index contributed by atoms with van der Waals surface area (Å²) < 4.78 is 12.0. The Morgan fingerprint density at radius 1 is 1.62 bits per heavy atom. The number of nitrogens with two attached hydrogens (primary N) is 1. The first-order valence-electron chi connectivity index (χ1n) is 2.07. The van der Waals surface area contributed by atoms with Crippen LogP contribution < -0.4 is 5.73 Å². The first-order chi connectivity index (χ1) is 3.72. The van der Waals surface area contributed by atoms with Gasteiger partial charge in [0.2, 0.25) is 6.29 Å². The second-order valence-electron chi connectivity index (χ2n) is 1.45. The molecule has 0 aromatic heterocycles. The summed E-state index contributed by atoms with van der Waals surface area (Å²) in [5.74, 6) is 0. The number of nitrogens with zero attached hydrogens (tertiary/aromatic N) is 4. The van der Waals surface area contributed by atoms with Gasteiger partial charge in [-0.2, -0.15) is 0 Å². The summed E-state index contributed by atoms with van der Waals surface area (Å²) in [6.07, 6.45) is -0.852. The predicted octanol–water partition coefficient (Wildman–Crippen LogP) is -0.357. The molecule has 0 aromatic rings. The summed E-state index contributed by atoms with van der Waals surface area (Å²) in [6, 6.07) is 0. The van der Waals surface area contributed by atoms with E-state index in [9.17, 15) is 4.48 Å². The average Bonchev–Trinajstić information content (AvgIpc) is 1.98. The van der Waals surface area contributed by atoms with Crippen molar-refractivity contribution in [3.63, 3.8) is 0 Å². The van der Waals surface area contributed by atoms with Crippen molar-refractivity contribution in [2.45, 2.75) is 6.29 Å². The molecule has 0 aromatic carbocycles. The van der Waals surface area contributed by atoms with Crippen molar-refractivity contribution in [1.82, 2.24) is 10.2 Å². The van der Waals surface area contributed by atoms with Crippen LogP contribution in [0.15, 0.2) is 10.4 Å². The van der Waals surface area contributed by atoms with Gasteiger partial charge in [0, 0.05) is 7.05 Å². The molecule has 1 heterocycles. The van der Waals surface area contributed by atoms with Gasteiger partial charge in [-0.15, -0.1) is 0 Å². The lowest BCUT2D eigenvalue weighted by Crippen LogP contribution is -2.40. The Hall–Kier alpha value is -0.910. The molecule has 8 heavy (non-hydrogen) atoms. The van der Waals surface area contributed by atoms with Crippen LogP contribution in [0.4, 0.5) is 4.48 Å². The second-order valence-corrected chi connectivity index (χ2v) is 1.45. The highest BCUT2D eigenvalue weighted by Crippen LogP contribution is 2.08. The molecule has 1 rings (SSSR count). The topological polar surface area (TPSA) is 57.2 Å². The van der Waals surface area contributed by atoms with E-state index in [4.69, 9.17) is 5.73 Å². The molecule has 0 saturated carbocycles. The van der Waals surface area contributed by atoms with Gasteiger partial charge in [-0.05, 0) is 10.4 Å². The summed E-state index contributed by atoms with van der Waals surface area (Å²) in [5.41, 5.74) is 5.11. The Kier molecular flexibility index (Phi) is 1.01. The third-order valence-corrected chi connectivity index (χ3v) is 0.868. The number of rotatable bonds is 0. The summed E-state index contributed by atoms with van der Waals surface area (Å²) in [4.78, 5) is 0. The van der Waals surface area contributed by atoms with Crippen LogP contribution in [0.1, 0.15) is 0 Å². The molecular formula is C2H6FN5. The SMILES string of the molecule is CN1N=NN(F)C1N. The van der Waals surface area contributed by atoms with Crippen LogP contribution in [0.2, 0.25) is 0 Å². The van der Waals surface area contributed by atoms with E-state index in [1.54, 1.807) is 0 Å². The molecule has 0 spiro atoms. The highest BCUT2D eigenvalue weighted by Gasteiger charge is 2.21. The van der Waals surface area contributed by atoms with Gasteiger partial charge >= 0.3 is 0 Å². The molecule has 0 aliphatic carbocycles. The van der Waals surface area contributed by atoms with Gasteiger partial charge in [0.05, 0.1) is 0 Å². The fourth-order valence-electron chi connectivity index (χ4n) is 0.345. The van der Waals surface area contributed by atoms with E-state index in [1.807, 2.05) is 0 Å². The van der Waals surface area contributed by atoms with Crippen LogP contribution in [0, 0.1) is 0 Å². The Morgan fingerprint density at radius 2 is 2.25 bits per heavy atom. The zero-order chi connectivity index (χ0) is 6.15. The molecule has 5 nitrogen and oxygen atoms in total. The van der Waals surface area contributed by atoms with Crippen molar-refractivity contribution in [3.8, 4) is 0 Å². The summed E-state index contributed by atoms with van der Waals surface area (Å²) in [5, 5.41) is 7.56. The molecule has 1 aliphatic heterocycles. The molecule has 6 heteroatoms. The number of halogens is 1. The molecule has 0 bridgehead atoms. The van der Waals surface area contributed by atoms with E-state index >= 15 is 0 Å². The van der Waals surface area contributed by atoms with Crippen LogP contribution in [-0.4, -0.2) is 23.6 Å². The average molecular weight is 119 g/mol. The fraction of sp³-hybridized carbons (Fsp3) is 1.00. The lowest BCUT2D eigenvalue weighted by molar-refractivity contribution is -0.0395. The van der Waals surface area contributed by atoms with E-state index < -0.39 is 6.29 Å². The first kappa shape index (κ1) is 5.23. The van der Waals surface area contributed by atoms with Gasteiger partial charge in [0.1, 0.15) is 0 Å². The van der Waals surface area contributed by atoms with Crippen LogP contribution in [0.25, 0.3) is 0 Å². The van der Waals surface area contributed by atoms with Gasteiger partial charge in [0.15, 0.2) is 0 Å². The van der Waals surface area contributed by atoms with Gasteiger partial charge in [-0.25, -0.2) is 5.01 Å². The van der Waals surface area contributed by atoms with E-state index in [0.717, 1.165) is 0 Å². The summed E-state index contributed by atoms with van der Waals surface area (Å²) >= 11 is 0. The van der Waals surface area contributed by atoms with Gasteiger partial charge in [-0.3, -0.25) is 5.73 Å². The minimum atomic E-state index is -0.852. The van der Waals surface area contributed by atoms with E-state index in [1.165, 1.54) is 12.1 Å². The third-order valence-electron chi connectivity index (χ3n) is 0.868. The van der Waals surface area contributed by atoms with Crippen LogP contribution in [-0.2, 0) is 0 Å². The maximum atomic E-state index is 12.0. The van der Waals surface area contributed by atoms with Gasteiger partial charge in [0.25, 0.3) is 0 Å². The smallest absolute Gasteiger partial charge is 0.221 e. The zero-order valence-corrected chi connectivity index (χ0v) is 4.32. The number of hydrogen-bond acceptors (Lipinski definition) is 5. The molecule has 0 saturated heterocycles. The molecule has 1 atom stereocenters. The molecular weight excluding hydrogens is 113 g/mol. The van der Waals surface area contributed by atoms with Crippen molar-refractivity contribution < 1.29 is 4.48 Å². The van der Waals surface area contributed by atoms with Crippen LogP contribution in [0.5, 0.6) is 0 Å². The fourth-order valence-corrected chi connectivity index (χ4v) is 0.345. The third kappa shape index (κ3) is 0.583. The Bertz CT molecular complexity index is 101. The molecule has 46 valence electrons. The zero-order valence-electron chi connectivity index (χ0n) is 4.32. The van der Waals surface area contributed by atoms with Crippen molar-refractivity contribution in [3.05, 3.63) is 0 Å². The van der Waals surface area contributed by atoms with E-state index in [-0.39, 0.29) is 5.23 Å². The van der Waals surface area contributed by atoms with E-state index in [2.05, 4.69) is 10.4 Å². The first-order valence-corrected chi connectivity index (χ1v) is 2.07. The molecule has 1 unspecified atom stereocenters. The van der Waals surface area contributed by atoms with Crippen molar-refractivity contribution in [2.75, 3.05) is 7.05 Å². The standard InChI is InChI=1S/C2H6FN5/c1-7-2(4)8(3)6-5-7/h2H,4H2,1H3. The normalized spacial score (nSPS) is 27.6. The van der Waals surface area contributed by atoms with Crippen LogP contribution >= 0.6 is 0 Å². The molecule has 2 N–H and O–H groups in total. The largest absolute Gasteiger partial charge is 0.289 e. The monoisotopic (exact) mass is 119 g/mol. The highest BCUT2D eigenvalue weighted by molar-refractivity contribution is 4.51. The van der Waals surface area contributed by atoms with Crippen molar-refractivity contribution >= 4 is 0 Å². The summed E-state index contributed by atoms with van der Waals surface area (Å²) in [6.45, 7) is 0. The maximum absolute atomic E-state index is 12.0. The molecule has 0 amide bonds. The van der Waals surface area contributed by atoms with Crippen LogP contribution in [0.3, 0.4) is 0 Å². The second kappa shape index (κ2) is 1.55. The molecule has 1 aliphatic rings. The lowest BCUT2D eigenvalue weighted by atomic mass is 10.8. The van der Waals surface area contributed by atoms with Gasteiger partial charge in [-0.1, -0.05) is 9.71 Å². The Balaban J connectivity index is 2.55. The van der Waals surface area contributed by atoms with Crippen molar-refractivity contribution in [1.29, 1.82) is 0 Å². The Labute approximate surface area is 45.4 Å². The lowest BCUT2D eigenvalue weighted by Gasteiger charge is -2.12. The number of hydrogen-bond donors (Lipinski definition) is 1. The minimum Gasteiger partial charge on any atom is -0.289 e. The predicted molar refractivity (Wildman–Crippen MR) is 23.5 cm³/mol. The van der Waals surface area contributed by atoms with E-state index in [0.29, 0.717) is 0 Å². The molecule has 0 radical (unpaired) electrons.